The van der Waals surface area contributed by atoms with Gasteiger partial charge in [0.1, 0.15) is 0 Å². The van der Waals surface area contributed by atoms with Gasteiger partial charge in [-0.2, -0.15) is 0 Å². The highest BCUT2D eigenvalue weighted by Crippen LogP contribution is 2.15. The molecular weight excluding hydrogens is 266 g/mol. The SMILES string of the molecule is CN(/C=C\C(=N)c1ccccc1)C1CCN(C(=O)O)CC1. The van der Waals surface area contributed by atoms with Crippen molar-refractivity contribution in [2.45, 2.75) is 18.9 Å². The summed E-state index contributed by atoms with van der Waals surface area (Å²) in [6.07, 6.45) is 4.52. The summed E-state index contributed by atoms with van der Waals surface area (Å²) in [6.45, 7) is 1.16. The first kappa shape index (κ1) is 15.1. The normalized spacial score (nSPS) is 16.1. The summed E-state index contributed by atoms with van der Waals surface area (Å²) in [5.74, 6) is 0. The van der Waals surface area contributed by atoms with Crippen molar-refractivity contribution in [3.8, 4) is 0 Å². The van der Waals surface area contributed by atoms with E-state index >= 15 is 0 Å². The Morgan fingerprint density at radius 3 is 2.52 bits per heavy atom. The summed E-state index contributed by atoms with van der Waals surface area (Å²) in [7, 11) is 1.98. The van der Waals surface area contributed by atoms with E-state index in [1.54, 1.807) is 6.08 Å². The average Bonchev–Trinajstić information content (AvgIpc) is 2.53. The molecule has 2 rings (SSSR count). The molecule has 1 aliphatic heterocycles. The monoisotopic (exact) mass is 287 g/mol. The maximum absolute atomic E-state index is 10.9. The van der Waals surface area contributed by atoms with Gasteiger partial charge in [-0.1, -0.05) is 30.3 Å². The molecule has 5 nitrogen and oxygen atoms in total. The topological polar surface area (TPSA) is 67.6 Å². The molecule has 0 bridgehead atoms. The van der Waals surface area contributed by atoms with Crippen LogP contribution in [0.4, 0.5) is 4.79 Å². The van der Waals surface area contributed by atoms with Gasteiger partial charge in [0.15, 0.2) is 0 Å². The number of carbonyl (C=O) groups is 1. The Labute approximate surface area is 125 Å². The Morgan fingerprint density at radius 1 is 1.33 bits per heavy atom. The fourth-order valence-corrected chi connectivity index (χ4v) is 2.49. The molecule has 112 valence electrons. The van der Waals surface area contributed by atoms with Crippen molar-refractivity contribution in [1.29, 1.82) is 5.41 Å². The predicted molar refractivity (Wildman–Crippen MR) is 82.8 cm³/mol. The number of amides is 1. The van der Waals surface area contributed by atoms with Crippen LogP contribution in [0.1, 0.15) is 18.4 Å². The van der Waals surface area contributed by atoms with Crippen molar-refractivity contribution in [3.05, 3.63) is 48.2 Å². The van der Waals surface area contributed by atoms with E-state index in [0.29, 0.717) is 24.8 Å². The predicted octanol–water partition coefficient (Wildman–Crippen LogP) is 2.64. The van der Waals surface area contributed by atoms with E-state index in [0.717, 1.165) is 18.4 Å². The van der Waals surface area contributed by atoms with Crippen LogP contribution in [-0.2, 0) is 0 Å². The van der Waals surface area contributed by atoms with Crippen LogP contribution in [0.2, 0.25) is 0 Å². The lowest BCUT2D eigenvalue weighted by Crippen LogP contribution is -2.43. The van der Waals surface area contributed by atoms with Gasteiger partial charge in [-0.3, -0.25) is 0 Å². The molecule has 0 spiro atoms. The molecule has 1 aliphatic rings. The fourth-order valence-electron chi connectivity index (χ4n) is 2.49. The molecule has 0 aliphatic carbocycles. The minimum atomic E-state index is -0.836. The molecule has 0 atom stereocenters. The van der Waals surface area contributed by atoms with Gasteiger partial charge in [-0.05, 0) is 24.5 Å². The van der Waals surface area contributed by atoms with Gasteiger partial charge >= 0.3 is 6.09 Å². The zero-order valence-electron chi connectivity index (χ0n) is 12.2. The molecule has 0 saturated carbocycles. The summed E-state index contributed by atoms with van der Waals surface area (Å²) in [5, 5.41) is 17.0. The standard InChI is InChI=1S/C16H21N3O2/c1-18(14-7-11-19(12-8-14)16(20)21)10-9-15(17)13-5-3-2-4-6-13/h2-6,9-10,14,17H,7-8,11-12H2,1H3,(H,20,21)/b10-9-,17-15?. The molecule has 0 radical (unpaired) electrons. The largest absolute Gasteiger partial charge is 0.465 e. The van der Waals surface area contributed by atoms with Crippen molar-refractivity contribution < 1.29 is 9.90 Å². The first-order chi connectivity index (χ1) is 10.1. The molecule has 0 aromatic heterocycles. The minimum absolute atomic E-state index is 0.334. The Balaban J connectivity index is 1.87. The lowest BCUT2D eigenvalue weighted by molar-refractivity contribution is 0.117. The third-order valence-corrected chi connectivity index (χ3v) is 3.87. The second-order valence-corrected chi connectivity index (χ2v) is 5.26. The highest BCUT2D eigenvalue weighted by molar-refractivity contribution is 6.06. The molecular formula is C16H21N3O2. The van der Waals surface area contributed by atoms with E-state index in [1.165, 1.54) is 4.90 Å². The van der Waals surface area contributed by atoms with Crippen LogP contribution in [0.15, 0.2) is 42.6 Å². The number of likely N-dealkylation sites (tertiary alicyclic amines) is 1. The maximum atomic E-state index is 10.9. The van der Waals surface area contributed by atoms with Crippen LogP contribution in [-0.4, -0.2) is 52.9 Å². The Hall–Kier alpha value is -2.30. The summed E-state index contributed by atoms with van der Waals surface area (Å²) >= 11 is 0. The van der Waals surface area contributed by atoms with Crippen LogP contribution >= 0.6 is 0 Å². The average molecular weight is 287 g/mol. The van der Waals surface area contributed by atoms with Crippen molar-refractivity contribution in [1.82, 2.24) is 9.80 Å². The zero-order chi connectivity index (χ0) is 15.2. The molecule has 1 amide bonds. The number of nitrogens with one attached hydrogen (secondary N) is 1. The summed E-state index contributed by atoms with van der Waals surface area (Å²) in [6, 6.07) is 9.94. The minimum Gasteiger partial charge on any atom is -0.465 e. The molecule has 1 heterocycles. The number of carboxylic acid groups (broad SMARTS) is 1. The number of allylic oxidation sites excluding steroid dienone is 1. The Morgan fingerprint density at radius 2 is 1.95 bits per heavy atom. The number of piperidine rings is 1. The van der Waals surface area contributed by atoms with E-state index < -0.39 is 6.09 Å². The van der Waals surface area contributed by atoms with Crippen LogP contribution in [0.5, 0.6) is 0 Å². The Kier molecular flexibility index (Phi) is 4.98. The van der Waals surface area contributed by atoms with Crippen molar-refractivity contribution >= 4 is 11.8 Å². The van der Waals surface area contributed by atoms with Crippen molar-refractivity contribution in [3.63, 3.8) is 0 Å². The van der Waals surface area contributed by atoms with E-state index in [-0.39, 0.29) is 0 Å². The van der Waals surface area contributed by atoms with E-state index in [2.05, 4.69) is 4.90 Å². The van der Waals surface area contributed by atoms with Crippen LogP contribution in [0.25, 0.3) is 0 Å². The quantitative estimate of drug-likeness (QED) is 0.837. The van der Waals surface area contributed by atoms with Gasteiger partial charge in [0.25, 0.3) is 0 Å². The third-order valence-electron chi connectivity index (χ3n) is 3.87. The van der Waals surface area contributed by atoms with Crippen LogP contribution in [0.3, 0.4) is 0 Å². The second-order valence-electron chi connectivity index (χ2n) is 5.26. The van der Waals surface area contributed by atoms with E-state index in [4.69, 9.17) is 10.5 Å². The summed E-state index contributed by atoms with van der Waals surface area (Å²) in [4.78, 5) is 14.4. The smallest absolute Gasteiger partial charge is 0.407 e. The maximum Gasteiger partial charge on any atom is 0.407 e. The van der Waals surface area contributed by atoms with Gasteiger partial charge in [0.2, 0.25) is 0 Å². The van der Waals surface area contributed by atoms with Gasteiger partial charge < -0.3 is 20.3 Å². The van der Waals surface area contributed by atoms with E-state index in [9.17, 15) is 4.79 Å². The molecule has 1 aromatic rings. The number of hydrogen-bond acceptors (Lipinski definition) is 3. The van der Waals surface area contributed by atoms with Crippen molar-refractivity contribution in [2.75, 3.05) is 20.1 Å². The molecule has 2 N–H and O–H groups in total. The third kappa shape index (κ3) is 4.08. The van der Waals surface area contributed by atoms with Crippen LogP contribution < -0.4 is 0 Å². The molecule has 1 saturated heterocycles. The second kappa shape index (κ2) is 6.92. The summed E-state index contributed by atoms with van der Waals surface area (Å²) in [5.41, 5.74) is 1.37. The molecule has 1 fully saturated rings. The summed E-state index contributed by atoms with van der Waals surface area (Å²) < 4.78 is 0. The fraction of sp³-hybridized carbons (Fsp3) is 0.375. The number of benzene rings is 1. The van der Waals surface area contributed by atoms with Gasteiger partial charge in [-0.15, -0.1) is 0 Å². The zero-order valence-corrected chi connectivity index (χ0v) is 12.2. The van der Waals surface area contributed by atoms with Gasteiger partial charge in [-0.25, -0.2) is 4.79 Å². The van der Waals surface area contributed by atoms with Crippen molar-refractivity contribution in [2.24, 2.45) is 0 Å². The highest BCUT2D eigenvalue weighted by Gasteiger charge is 2.23. The lowest BCUT2D eigenvalue weighted by atomic mass is 10.0. The molecule has 0 unspecified atom stereocenters. The highest BCUT2D eigenvalue weighted by atomic mass is 16.4. The number of nitrogens with zero attached hydrogens (tertiary/aromatic N) is 2. The van der Waals surface area contributed by atoms with E-state index in [1.807, 2.05) is 43.6 Å². The van der Waals surface area contributed by atoms with Gasteiger partial charge in [0.05, 0.1) is 5.71 Å². The first-order valence-corrected chi connectivity index (χ1v) is 7.10. The number of hydrogen-bond donors (Lipinski definition) is 2. The molecule has 1 aromatic carbocycles. The first-order valence-electron chi connectivity index (χ1n) is 7.10. The van der Waals surface area contributed by atoms with Crippen LogP contribution in [0, 0.1) is 5.41 Å². The van der Waals surface area contributed by atoms with Gasteiger partial charge in [0, 0.05) is 32.4 Å². The Bertz CT molecular complexity index is 520. The molecule has 5 heteroatoms. The lowest BCUT2D eigenvalue weighted by Gasteiger charge is -2.35. The molecule has 21 heavy (non-hydrogen) atoms. The number of rotatable bonds is 4.